The Bertz CT molecular complexity index is 320. The summed E-state index contributed by atoms with van der Waals surface area (Å²) in [5, 5.41) is 4.87. The molecule has 0 fully saturated rings. The Labute approximate surface area is 110 Å². The Morgan fingerprint density at radius 2 is 2.06 bits per heavy atom. The van der Waals surface area contributed by atoms with E-state index in [0.717, 1.165) is 25.7 Å². The number of hydrogen-bond acceptors (Lipinski definition) is 1. The Morgan fingerprint density at radius 1 is 1.35 bits per heavy atom. The van der Waals surface area contributed by atoms with E-state index in [-0.39, 0.29) is 5.38 Å². The first kappa shape index (κ1) is 14.6. The Kier molecular flexibility index (Phi) is 6.04. The van der Waals surface area contributed by atoms with E-state index in [1.165, 1.54) is 5.69 Å². The molecule has 0 spiro atoms. The summed E-state index contributed by atoms with van der Waals surface area (Å²) in [6.07, 6.45) is 6.30. The Hall–Kier alpha value is -0.500. The van der Waals surface area contributed by atoms with Crippen molar-refractivity contribution < 1.29 is 0 Å². The van der Waals surface area contributed by atoms with Crippen molar-refractivity contribution in [2.24, 2.45) is 5.92 Å². The maximum absolute atomic E-state index is 6.29. The van der Waals surface area contributed by atoms with Gasteiger partial charge in [0.2, 0.25) is 0 Å². The molecular weight excluding hydrogens is 232 g/mol. The lowest BCUT2D eigenvalue weighted by Gasteiger charge is -2.11. The third-order valence-corrected chi connectivity index (χ3v) is 3.54. The summed E-state index contributed by atoms with van der Waals surface area (Å²) in [6.45, 7) is 8.81. The van der Waals surface area contributed by atoms with Crippen molar-refractivity contribution in [3.63, 3.8) is 0 Å². The lowest BCUT2D eigenvalue weighted by molar-refractivity contribution is 0.471. The predicted molar refractivity (Wildman–Crippen MR) is 74.6 cm³/mol. The van der Waals surface area contributed by atoms with E-state index in [2.05, 4.69) is 49.7 Å². The molecule has 2 unspecified atom stereocenters. The molecule has 98 valence electrons. The van der Waals surface area contributed by atoms with Crippen molar-refractivity contribution >= 4 is 11.6 Å². The molecule has 0 bridgehead atoms. The third kappa shape index (κ3) is 5.12. The summed E-state index contributed by atoms with van der Waals surface area (Å²) < 4.78 is 2.06. The second-order valence-corrected chi connectivity index (χ2v) is 5.93. The van der Waals surface area contributed by atoms with Gasteiger partial charge in [-0.15, -0.1) is 11.6 Å². The molecular formula is C14H25ClN2. The largest absolute Gasteiger partial charge is 0.270 e. The van der Waals surface area contributed by atoms with Crippen LogP contribution in [0.2, 0.25) is 0 Å². The van der Waals surface area contributed by atoms with E-state index in [1.807, 2.05) is 0 Å². The molecule has 17 heavy (non-hydrogen) atoms. The van der Waals surface area contributed by atoms with E-state index in [9.17, 15) is 0 Å². The average Bonchev–Trinajstić information content (AvgIpc) is 2.73. The van der Waals surface area contributed by atoms with Gasteiger partial charge in [-0.1, -0.05) is 20.8 Å². The number of nitrogens with zero attached hydrogens (tertiary/aromatic N) is 2. The number of alkyl halides is 1. The molecule has 0 saturated carbocycles. The molecule has 1 aromatic heterocycles. The van der Waals surface area contributed by atoms with Crippen LogP contribution in [0.1, 0.15) is 58.7 Å². The molecule has 0 aromatic carbocycles. The highest BCUT2D eigenvalue weighted by atomic mass is 35.5. The standard InChI is InChI=1S/C14H25ClN2/c1-5-12(4)17-9-8-14(16-17)7-6-13(15)10-11(2)3/h8-9,11-13H,5-7,10H2,1-4H3. The normalized spacial score (nSPS) is 15.2. The van der Waals surface area contributed by atoms with E-state index in [4.69, 9.17) is 11.6 Å². The second-order valence-electron chi connectivity index (χ2n) is 5.31. The van der Waals surface area contributed by atoms with Crippen molar-refractivity contribution in [2.45, 2.75) is 64.8 Å². The highest BCUT2D eigenvalue weighted by molar-refractivity contribution is 6.20. The molecule has 0 aliphatic rings. The average molecular weight is 257 g/mol. The molecule has 3 heteroatoms. The number of hydrogen-bond donors (Lipinski definition) is 0. The van der Waals surface area contributed by atoms with E-state index in [0.29, 0.717) is 12.0 Å². The van der Waals surface area contributed by atoms with Crippen LogP contribution in [0.4, 0.5) is 0 Å². The van der Waals surface area contributed by atoms with Crippen LogP contribution in [0.15, 0.2) is 12.3 Å². The van der Waals surface area contributed by atoms with Crippen LogP contribution >= 0.6 is 11.6 Å². The van der Waals surface area contributed by atoms with Crippen molar-refractivity contribution in [3.8, 4) is 0 Å². The predicted octanol–water partition coefficient (Wildman–Crippen LogP) is 4.44. The van der Waals surface area contributed by atoms with Gasteiger partial charge in [0.25, 0.3) is 0 Å². The molecule has 0 saturated heterocycles. The molecule has 1 aromatic rings. The summed E-state index contributed by atoms with van der Waals surface area (Å²) in [7, 11) is 0. The van der Waals surface area contributed by atoms with Crippen LogP contribution in [0.3, 0.4) is 0 Å². The summed E-state index contributed by atoms with van der Waals surface area (Å²) in [5.41, 5.74) is 1.17. The van der Waals surface area contributed by atoms with Gasteiger partial charge in [-0.2, -0.15) is 5.10 Å². The first-order chi connectivity index (χ1) is 8.02. The monoisotopic (exact) mass is 256 g/mol. The molecule has 2 nitrogen and oxygen atoms in total. The zero-order valence-corrected chi connectivity index (χ0v) is 12.2. The van der Waals surface area contributed by atoms with Gasteiger partial charge in [-0.3, -0.25) is 4.68 Å². The molecule has 2 atom stereocenters. The van der Waals surface area contributed by atoms with Gasteiger partial charge in [-0.05, 0) is 44.6 Å². The summed E-state index contributed by atoms with van der Waals surface area (Å²) in [6, 6.07) is 2.61. The first-order valence-electron chi connectivity index (χ1n) is 6.71. The molecule has 1 heterocycles. The third-order valence-electron chi connectivity index (χ3n) is 3.15. The first-order valence-corrected chi connectivity index (χ1v) is 7.14. The van der Waals surface area contributed by atoms with Gasteiger partial charge in [0.15, 0.2) is 0 Å². The van der Waals surface area contributed by atoms with Crippen molar-refractivity contribution in [1.29, 1.82) is 0 Å². The zero-order valence-electron chi connectivity index (χ0n) is 11.5. The van der Waals surface area contributed by atoms with Gasteiger partial charge in [0.05, 0.1) is 5.69 Å². The van der Waals surface area contributed by atoms with Crippen LogP contribution in [0.25, 0.3) is 0 Å². The fourth-order valence-electron chi connectivity index (χ4n) is 1.88. The van der Waals surface area contributed by atoms with Gasteiger partial charge in [0, 0.05) is 17.6 Å². The highest BCUT2D eigenvalue weighted by Gasteiger charge is 2.09. The fourth-order valence-corrected chi connectivity index (χ4v) is 2.34. The minimum atomic E-state index is 0.281. The maximum atomic E-state index is 6.29. The van der Waals surface area contributed by atoms with Gasteiger partial charge >= 0.3 is 0 Å². The topological polar surface area (TPSA) is 17.8 Å². The highest BCUT2D eigenvalue weighted by Crippen LogP contribution is 2.17. The van der Waals surface area contributed by atoms with E-state index in [1.54, 1.807) is 0 Å². The van der Waals surface area contributed by atoms with Gasteiger partial charge in [0.1, 0.15) is 0 Å². The summed E-state index contributed by atoms with van der Waals surface area (Å²) in [5.74, 6) is 0.676. The number of aryl methyl sites for hydroxylation is 1. The van der Waals surface area contributed by atoms with Gasteiger partial charge in [-0.25, -0.2) is 0 Å². The molecule has 0 aliphatic heterocycles. The van der Waals surface area contributed by atoms with Crippen molar-refractivity contribution in [3.05, 3.63) is 18.0 Å². The van der Waals surface area contributed by atoms with Gasteiger partial charge < -0.3 is 0 Å². The molecule has 0 N–H and O–H groups in total. The van der Waals surface area contributed by atoms with E-state index >= 15 is 0 Å². The number of halogens is 1. The van der Waals surface area contributed by atoms with E-state index < -0.39 is 0 Å². The smallest absolute Gasteiger partial charge is 0.0625 e. The zero-order chi connectivity index (χ0) is 12.8. The number of rotatable bonds is 7. The summed E-state index contributed by atoms with van der Waals surface area (Å²) in [4.78, 5) is 0. The van der Waals surface area contributed by atoms with Crippen molar-refractivity contribution in [1.82, 2.24) is 9.78 Å². The van der Waals surface area contributed by atoms with Crippen LogP contribution < -0.4 is 0 Å². The Balaban J connectivity index is 2.39. The van der Waals surface area contributed by atoms with Crippen LogP contribution in [0.5, 0.6) is 0 Å². The van der Waals surface area contributed by atoms with Crippen LogP contribution in [-0.2, 0) is 6.42 Å². The lowest BCUT2D eigenvalue weighted by Crippen LogP contribution is -2.07. The maximum Gasteiger partial charge on any atom is 0.0625 e. The lowest BCUT2D eigenvalue weighted by atomic mass is 10.0. The quantitative estimate of drug-likeness (QED) is 0.660. The van der Waals surface area contributed by atoms with Crippen LogP contribution in [-0.4, -0.2) is 15.2 Å². The van der Waals surface area contributed by atoms with Crippen LogP contribution in [0, 0.1) is 5.92 Å². The summed E-state index contributed by atoms with van der Waals surface area (Å²) >= 11 is 6.29. The second kappa shape index (κ2) is 7.05. The fraction of sp³-hybridized carbons (Fsp3) is 0.786. The molecule has 0 amide bonds. The molecule has 1 rings (SSSR count). The van der Waals surface area contributed by atoms with Crippen molar-refractivity contribution in [2.75, 3.05) is 0 Å². The minimum absolute atomic E-state index is 0.281. The molecule has 0 aliphatic carbocycles. The minimum Gasteiger partial charge on any atom is -0.270 e. The SMILES string of the molecule is CCC(C)n1ccc(CCC(Cl)CC(C)C)n1. The molecule has 0 radical (unpaired) electrons. The Morgan fingerprint density at radius 3 is 2.65 bits per heavy atom. The number of aromatic nitrogens is 2.